The predicted octanol–water partition coefficient (Wildman–Crippen LogP) is 4.56. The zero-order chi connectivity index (χ0) is 13.9. The molecule has 0 aliphatic heterocycles. The van der Waals surface area contributed by atoms with Crippen molar-refractivity contribution in [3.8, 4) is 11.6 Å². The molecule has 4 heteroatoms. The maximum Gasteiger partial charge on any atom is 0.152 e. The topological polar surface area (TPSA) is 17.8 Å². The van der Waals surface area contributed by atoms with Crippen LogP contribution in [-0.4, -0.2) is 17.9 Å². The number of hydrogen-bond donors (Lipinski definition) is 0. The fourth-order valence-corrected chi connectivity index (χ4v) is 8.26. The maximum atomic E-state index is 5.81. The number of halogens is 1. The van der Waals surface area contributed by atoms with Crippen LogP contribution in [-0.2, 0) is 0 Å². The molecule has 1 aromatic heterocycles. The highest BCUT2D eigenvalue weighted by Gasteiger charge is 2.41. The summed E-state index contributed by atoms with van der Waals surface area (Å²) in [6, 6.07) is 4.95. The summed E-state index contributed by atoms with van der Waals surface area (Å²) < 4.78 is 1.64. The van der Waals surface area contributed by atoms with Crippen molar-refractivity contribution in [2.75, 3.05) is 0 Å². The Morgan fingerprint density at radius 3 is 1.94 bits per heavy atom. The molecule has 0 N–H and O–H groups in total. The van der Waals surface area contributed by atoms with Gasteiger partial charge in [0.1, 0.15) is 8.07 Å². The third-order valence-electron chi connectivity index (χ3n) is 3.81. The van der Waals surface area contributed by atoms with Gasteiger partial charge in [-0.25, -0.2) is 0 Å². The SMILES string of the molecule is CC(C)[Si](C#Cn1ccc(Cl)n1)(C(C)C)C(C)C. The van der Waals surface area contributed by atoms with Gasteiger partial charge in [0.05, 0.1) is 0 Å². The van der Waals surface area contributed by atoms with Crippen LogP contribution in [0.1, 0.15) is 41.5 Å². The first-order valence-corrected chi connectivity index (χ1v) is 9.16. The van der Waals surface area contributed by atoms with E-state index < -0.39 is 8.07 Å². The van der Waals surface area contributed by atoms with Crippen LogP contribution >= 0.6 is 11.6 Å². The molecule has 0 bridgehead atoms. The van der Waals surface area contributed by atoms with Crippen LogP contribution in [0.3, 0.4) is 0 Å². The highest BCUT2D eigenvalue weighted by molar-refractivity contribution is 6.90. The Morgan fingerprint density at radius 1 is 1.11 bits per heavy atom. The standard InChI is InChI=1S/C14H23ClN2Si/c1-11(2)18(12(3)4,13(5)6)10-9-17-8-7-14(15)16-17/h7-8,11-13H,1-6H3. The Hall–Kier alpha value is -0.723. The van der Waals surface area contributed by atoms with Gasteiger partial charge < -0.3 is 0 Å². The van der Waals surface area contributed by atoms with Gasteiger partial charge in [0, 0.05) is 12.2 Å². The molecular formula is C14H23ClN2Si. The van der Waals surface area contributed by atoms with Crippen LogP contribution in [0.2, 0.25) is 21.8 Å². The van der Waals surface area contributed by atoms with Crippen LogP contribution in [0.4, 0.5) is 0 Å². The minimum absolute atomic E-state index is 0.496. The Labute approximate surface area is 117 Å². The first kappa shape index (κ1) is 15.3. The lowest BCUT2D eigenvalue weighted by Gasteiger charge is -2.37. The smallest absolute Gasteiger partial charge is 0.152 e. The molecule has 0 aromatic carbocycles. The molecule has 1 aromatic rings. The largest absolute Gasteiger partial charge is 0.196 e. The van der Waals surface area contributed by atoms with Crippen molar-refractivity contribution < 1.29 is 0 Å². The number of nitrogens with zero attached hydrogens (tertiary/aromatic N) is 2. The van der Waals surface area contributed by atoms with Gasteiger partial charge in [0.25, 0.3) is 0 Å². The van der Waals surface area contributed by atoms with Crippen molar-refractivity contribution in [3.05, 3.63) is 17.4 Å². The quantitative estimate of drug-likeness (QED) is 0.587. The molecule has 100 valence electrons. The summed E-state index contributed by atoms with van der Waals surface area (Å²) in [5, 5.41) is 4.62. The van der Waals surface area contributed by atoms with E-state index in [0.29, 0.717) is 21.8 Å². The summed E-state index contributed by atoms with van der Waals surface area (Å²) in [6.45, 7) is 13.8. The molecule has 2 nitrogen and oxygen atoms in total. The summed E-state index contributed by atoms with van der Waals surface area (Å²) in [4.78, 5) is 0. The van der Waals surface area contributed by atoms with Gasteiger partial charge in [-0.2, -0.15) is 4.68 Å². The minimum atomic E-state index is -1.67. The summed E-state index contributed by atoms with van der Waals surface area (Å²) in [5.41, 5.74) is 5.50. The third-order valence-corrected chi connectivity index (χ3v) is 10.3. The fourth-order valence-electron chi connectivity index (χ4n) is 2.95. The average molecular weight is 283 g/mol. The van der Waals surface area contributed by atoms with Crippen LogP contribution in [0.5, 0.6) is 0 Å². The van der Waals surface area contributed by atoms with Gasteiger partial charge in [-0.1, -0.05) is 53.1 Å². The van der Waals surface area contributed by atoms with Crippen molar-refractivity contribution >= 4 is 19.7 Å². The molecule has 0 saturated heterocycles. The Kier molecular flexibility index (Phi) is 5.07. The van der Waals surface area contributed by atoms with E-state index in [4.69, 9.17) is 11.6 Å². The molecule has 0 saturated carbocycles. The zero-order valence-electron chi connectivity index (χ0n) is 12.2. The predicted molar refractivity (Wildman–Crippen MR) is 81.5 cm³/mol. The van der Waals surface area contributed by atoms with Gasteiger partial charge in [0.2, 0.25) is 0 Å². The van der Waals surface area contributed by atoms with Crippen molar-refractivity contribution in [3.63, 3.8) is 0 Å². The van der Waals surface area contributed by atoms with Crippen LogP contribution in [0, 0.1) is 11.6 Å². The molecule has 0 aliphatic carbocycles. The number of hydrogen-bond acceptors (Lipinski definition) is 1. The highest BCUT2D eigenvalue weighted by Crippen LogP contribution is 2.40. The third kappa shape index (κ3) is 2.99. The van der Waals surface area contributed by atoms with Crippen LogP contribution < -0.4 is 0 Å². The molecule has 0 atom stereocenters. The van der Waals surface area contributed by atoms with E-state index in [-0.39, 0.29) is 0 Å². The molecule has 0 fully saturated rings. The fraction of sp³-hybridized carbons (Fsp3) is 0.643. The van der Waals surface area contributed by atoms with Gasteiger partial charge in [-0.15, -0.1) is 10.6 Å². The second kappa shape index (κ2) is 5.95. The molecule has 0 unspecified atom stereocenters. The minimum Gasteiger partial charge on any atom is -0.196 e. The number of rotatable bonds is 3. The van der Waals surface area contributed by atoms with Crippen molar-refractivity contribution in [1.29, 1.82) is 0 Å². The molecule has 1 heterocycles. The first-order chi connectivity index (χ1) is 8.30. The van der Waals surface area contributed by atoms with Gasteiger partial charge in [-0.05, 0) is 22.7 Å². The van der Waals surface area contributed by atoms with Crippen molar-refractivity contribution in [2.45, 2.75) is 58.2 Å². The molecule has 1 rings (SSSR count). The summed E-state index contributed by atoms with van der Waals surface area (Å²) in [6.07, 6.45) is 1.81. The molecular weight excluding hydrogens is 260 g/mol. The molecule has 0 aliphatic rings. The van der Waals surface area contributed by atoms with E-state index in [2.05, 4.69) is 58.2 Å². The second-order valence-electron chi connectivity index (χ2n) is 5.72. The van der Waals surface area contributed by atoms with E-state index in [9.17, 15) is 0 Å². The molecule has 18 heavy (non-hydrogen) atoms. The average Bonchev–Trinajstić information content (AvgIpc) is 2.63. The normalized spacial score (nSPS) is 12.1. The van der Waals surface area contributed by atoms with Gasteiger partial charge in [0.15, 0.2) is 5.15 Å². The van der Waals surface area contributed by atoms with E-state index in [1.807, 2.05) is 6.20 Å². The highest BCUT2D eigenvalue weighted by atomic mass is 35.5. The van der Waals surface area contributed by atoms with Crippen LogP contribution in [0.15, 0.2) is 12.3 Å². The number of aromatic nitrogens is 2. The summed E-state index contributed by atoms with van der Waals surface area (Å²) >= 11 is 5.81. The molecule has 0 spiro atoms. The van der Waals surface area contributed by atoms with Gasteiger partial charge in [-0.3, -0.25) is 0 Å². The molecule has 0 radical (unpaired) electrons. The Balaban J connectivity index is 3.17. The monoisotopic (exact) mass is 282 g/mol. The van der Waals surface area contributed by atoms with Crippen LogP contribution in [0.25, 0.3) is 0 Å². The first-order valence-electron chi connectivity index (χ1n) is 6.55. The second-order valence-corrected chi connectivity index (χ2v) is 11.7. The van der Waals surface area contributed by atoms with E-state index >= 15 is 0 Å². The Bertz CT molecular complexity index is 430. The maximum absolute atomic E-state index is 5.81. The van der Waals surface area contributed by atoms with Gasteiger partial charge >= 0.3 is 0 Å². The lowest BCUT2D eigenvalue weighted by Crippen LogP contribution is -2.43. The van der Waals surface area contributed by atoms with E-state index in [1.54, 1.807) is 10.7 Å². The zero-order valence-corrected chi connectivity index (χ0v) is 13.9. The van der Waals surface area contributed by atoms with E-state index in [0.717, 1.165) is 0 Å². The lowest BCUT2D eigenvalue weighted by molar-refractivity contribution is 0.836. The van der Waals surface area contributed by atoms with Crippen molar-refractivity contribution in [2.24, 2.45) is 0 Å². The van der Waals surface area contributed by atoms with E-state index in [1.165, 1.54) is 0 Å². The Morgan fingerprint density at radius 2 is 1.61 bits per heavy atom. The van der Waals surface area contributed by atoms with Crippen molar-refractivity contribution in [1.82, 2.24) is 9.78 Å². The summed E-state index contributed by atoms with van der Waals surface area (Å²) in [5.74, 6) is 0. The summed E-state index contributed by atoms with van der Waals surface area (Å²) in [7, 11) is -1.67. The lowest BCUT2D eigenvalue weighted by atomic mass is 10.5. The molecule has 0 amide bonds.